The van der Waals surface area contributed by atoms with Crippen molar-refractivity contribution in [2.24, 2.45) is 5.92 Å². The molecule has 1 aromatic rings. The van der Waals surface area contributed by atoms with E-state index in [0.717, 1.165) is 25.2 Å². The Morgan fingerprint density at radius 3 is 2.54 bits per heavy atom. The van der Waals surface area contributed by atoms with E-state index in [-0.39, 0.29) is 18.1 Å². The Balaban J connectivity index is 1.61. The Morgan fingerprint density at radius 1 is 1.29 bits per heavy atom. The van der Waals surface area contributed by atoms with Crippen molar-refractivity contribution < 1.29 is 14.6 Å². The van der Waals surface area contributed by atoms with Gasteiger partial charge in [-0.05, 0) is 36.5 Å². The van der Waals surface area contributed by atoms with Crippen LogP contribution in [-0.4, -0.2) is 54.8 Å². The first-order chi connectivity index (χ1) is 11.7. The highest BCUT2D eigenvalue weighted by Crippen LogP contribution is 2.29. The predicted molar refractivity (Wildman–Crippen MR) is 92.8 cm³/mol. The Bertz CT molecular complexity index is 534. The second-order valence-corrected chi connectivity index (χ2v) is 7.13. The molecule has 0 radical (unpaired) electrons. The van der Waals surface area contributed by atoms with Crippen LogP contribution in [0.15, 0.2) is 24.3 Å². The van der Waals surface area contributed by atoms with Crippen LogP contribution in [0, 0.1) is 5.92 Å². The molecule has 1 aliphatic carbocycles. The van der Waals surface area contributed by atoms with Gasteiger partial charge >= 0.3 is 0 Å². The Kier molecular flexibility index (Phi) is 5.87. The molecule has 1 heterocycles. The highest BCUT2D eigenvalue weighted by atomic mass is 16.5. The van der Waals surface area contributed by atoms with Gasteiger partial charge in [0.05, 0.1) is 12.7 Å². The van der Waals surface area contributed by atoms with Crippen LogP contribution in [0.3, 0.4) is 0 Å². The molecular formula is C19H28N2O3. The number of likely N-dealkylation sites (tertiary alicyclic amines) is 1. The summed E-state index contributed by atoms with van der Waals surface area (Å²) in [6.45, 7) is 2.86. The van der Waals surface area contributed by atoms with Crippen LogP contribution in [0.25, 0.3) is 0 Å². The SMILES string of the molecule is COCc1ccc(C(=O)NC(CN2CC(O)C2)C2CCCC2)cc1. The number of carbonyl (C=O) groups is 1. The lowest BCUT2D eigenvalue weighted by molar-refractivity contribution is -0.00620. The molecule has 2 aliphatic rings. The molecule has 1 saturated heterocycles. The molecule has 0 spiro atoms. The lowest BCUT2D eigenvalue weighted by Crippen LogP contribution is -2.57. The Hall–Kier alpha value is -1.43. The van der Waals surface area contributed by atoms with Gasteiger partial charge < -0.3 is 15.2 Å². The van der Waals surface area contributed by atoms with Crippen molar-refractivity contribution in [1.29, 1.82) is 0 Å². The fourth-order valence-electron chi connectivity index (χ4n) is 3.81. The summed E-state index contributed by atoms with van der Waals surface area (Å²) >= 11 is 0. The summed E-state index contributed by atoms with van der Waals surface area (Å²) in [6.07, 6.45) is 4.69. The maximum atomic E-state index is 12.6. The zero-order chi connectivity index (χ0) is 16.9. The molecule has 1 aliphatic heterocycles. The van der Waals surface area contributed by atoms with Gasteiger partial charge in [0.1, 0.15) is 0 Å². The molecule has 2 N–H and O–H groups in total. The van der Waals surface area contributed by atoms with E-state index in [1.54, 1.807) is 7.11 Å². The minimum absolute atomic E-state index is 0.00283. The standard InChI is InChI=1S/C19H28N2O3/c1-24-13-14-6-8-16(9-7-14)19(23)20-18(15-4-2-3-5-15)12-21-10-17(22)11-21/h6-9,15,17-18,22H,2-5,10-13H2,1H3,(H,20,23). The molecule has 5 nitrogen and oxygen atoms in total. The third-order valence-corrected chi connectivity index (χ3v) is 5.21. The molecule has 2 fully saturated rings. The van der Waals surface area contributed by atoms with Gasteiger partial charge in [-0.3, -0.25) is 9.69 Å². The zero-order valence-corrected chi connectivity index (χ0v) is 14.4. The van der Waals surface area contributed by atoms with Gasteiger partial charge in [-0.1, -0.05) is 25.0 Å². The van der Waals surface area contributed by atoms with Crippen LogP contribution in [0.2, 0.25) is 0 Å². The first kappa shape index (κ1) is 17.4. The van der Waals surface area contributed by atoms with Crippen molar-refractivity contribution in [3.8, 4) is 0 Å². The van der Waals surface area contributed by atoms with Gasteiger partial charge in [0.2, 0.25) is 0 Å². The molecule has 0 aromatic heterocycles. The van der Waals surface area contributed by atoms with Crippen LogP contribution in [0.1, 0.15) is 41.6 Å². The van der Waals surface area contributed by atoms with E-state index in [1.807, 2.05) is 24.3 Å². The molecule has 0 bridgehead atoms. The first-order valence-electron chi connectivity index (χ1n) is 8.95. The number of hydrogen-bond acceptors (Lipinski definition) is 4. The molecule has 1 atom stereocenters. The molecular weight excluding hydrogens is 304 g/mol. The molecule has 1 unspecified atom stereocenters. The number of benzene rings is 1. The van der Waals surface area contributed by atoms with Crippen LogP contribution < -0.4 is 5.32 Å². The average molecular weight is 332 g/mol. The average Bonchev–Trinajstić information content (AvgIpc) is 3.08. The largest absolute Gasteiger partial charge is 0.390 e. The number of nitrogens with zero attached hydrogens (tertiary/aromatic N) is 1. The smallest absolute Gasteiger partial charge is 0.251 e. The highest BCUT2D eigenvalue weighted by Gasteiger charge is 2.32. The summed E-state index contributed by atoms with van der Waals surface area (Å²) in [6, 6.07) is 7.78. The minimum Gasteiger partial charge on any atom is -0.390 e. The normalized spacial score (nSPS) is 20.8. The number of β-amino-alcohol motifs (C(OH)–C–C–N with tert-alkyl or cyclic N) is 1. The lowest BCUT2D eigenvalue weighted by Gasteiger charge is -2.39. The van der Waals surface area contributed by atoms with Crippen molar-refractivity contribution in [3.63, 3.8) is 0 Å². The molecule has 132 valence electrons. The second kappa shape index (κ2) is 8.10. The number of nitrogens with one attached hydrogen (secondary N) is 1. The summed E-state index contributed by atoms with van der Waals surface area (Å²) in [5, 5.41) is 12.7. The van der Waals surface area contributed by atoms with Crippen molar-refractivity contribution in [2.45, 2.75) is 44.4 Å². The fourth-order valence-corrected chi connectivity index (χ4v) is 3.81. The van der Waals surface area contributed by atoms with E-state index in [9.17, 15) is 9.90 Å². The molecule has 3 rings (SSSR count). The van der Waals surface area contributed by atoms with E-state index in [4.69, 9.17) is 4.74 Å². The number of aliphatic hydroxyl groups is 1. The van der Waals surface area contributed by atoms with Crippen molar-refractivity contribution in [3.05, 3.63) is 35.4 Å². The predicted octanol–water partition coefficient (Wildman–Crippen LogP) is 1.80. The van der Waals surface area contributed by atoms with Gasteiger partial charge in [-0.25, -0.2) is 0 Å². The summed E-state index contributed by atoms with van der Waals surface area (Å²) in [4.78, 5) is 14.9. The third kappa shape index (κ3) is 4.35. The third-order valence-electron chi connectivity index (χ3n) is 5.21. The number of hydrogen-bond donors (Lipinski definition) is 2. The van der Waals surface area contributed by atoms with E-state index in [1.165, 1.54) is 25.7 Å². The van der Waals surface area contributed by atoms with Gasteiger partial charge in [0.25, 0.3) is 5.91 Å². The molecule has 1 amide bonds. The summed E-state index contributed by atoms with van der Waals surface area (Å²) in [5.41, 5.74) is 1.76. The molecule has 1 aromatic carbocycles. The van der Waals surface area contributed by atoms with Gasteiger partial charge in [-0.15, -0.1) is 0 Å². The van der Waals surface area contributed by atoms with Crippen molar-refractivity contribution >= 4 is 5.91 Å². The Labute approximate surface area is 144 Å². The van der Waals surface area contributed by atoms with Crippen LogP contribution >= 0.6 is 0 Å². The number of amides is 1. The van der Waals surface area contributed by atoms with Crippen LogP contribution in [0.4, 0.5) is 0 Å². The van der Waals surface area contributed by atoms with E-state index < -0.39 is 0 Å². The Morgan fingerprint density at radius 2 is 1.96 bits per heavy atom. The minimum atomic E-state index is -0.196. The van der Waals surface area contributed by atoms with E-state index >= 15 is 0 Å². The summed E-state index contributed by atoms with van der Waals surface area (Å²) in [7, 11) is 1.67. The maximum absolute atomic E-state index is 12.6. The fraction of sp³-hybridized carbons (Fsp3) is 0.632. The topological polar surface area (TPSA) is 61.8 Å². The maximum Gasteiger partial charge on any atom is 0.251 e. The molecule has 1 saturated carbocycles. The molecule has 24 heavy (non-hydrogen) atoms. The van der Waals surface area contributed by atoms with E-state index in [0.29, 0.717) is 18.1 Å². The van der Waals surface area contributed by atoms with Crippen LogP contribution in [-0.2, 0) is 11.3 Å². The van der Waals surface area contributed by atoms with Crippen molar-refractivity contribution in [1.82, 2.24) is 10.2 Å². The lowest BCUT2D eigenvalue weighted by atomic mass is 9.95. The monoisotopic (exact) mass is 332 g/mol. The van der Waals surface area contributed by atoms with E-state index in [2.05, 4.69) is 10.2 Å². The summed E-state index contributed by atoms with van der Waals surface area (Å²) < 4.78 is 5.10. The number of ether oxygens (including phenoxy) is 1. The second-order valence-electron chi connectivity index (χ2n) is 7.13. The summed E-state index contributed by atoms with van der Waals surface area (Å²) in [5.74, 6) is 0.552. The van der Waals surface area contributed by atoms with Gasteiger partial charge in [-0.2, -0.15) is 0 Å². The zero-order valence-electron chi connectivity index (χ0n) is 14.4. The van der Waals surface area contributed by atoms with Gasteiger partial charge in [0.15, 0.2) is 0 Å². The van der Waals surface area contributed by atoms with Crippen LogP contribution in [0.5, 0.6) is 0 Å². The number of aliphatic hydroxyl groups excluding tert-OH is 1. The van der Waals surface area contributed by atoms with Crippen molar-refractivity contribution in [2.75, 3.05) is 26.7 Å². The number of carbonyl (C=O) groups excluding carboxylic acids is 1. The van der Waals surface area contributed by atoms with Gasteiger partial charge in [0, 0.05) is 38.3 Å². The number of methoxy groups -OCH3 is 1. The number of rotatable bonds is 7. The molecule has 5 heteroatoms. The quantitative estimate of drug-likeness (QED) is 0.799. The highest BCUT2D eigenvalue weighted by molar-refractivity contribution is 5.94. The first-order valence-corrected chi connectivity index (χ1v) is 8.95.